The lowest BCUT2D eigenvalue weighted by molar-refractivity contribution is -0.143. The zero-order valence-electron chi connectivity index (χ0n) is 11.8. The van der Waals surface area contributed by atoms with E-state index in [4.69, 9.17) is 5.73 Å². The van der Waals surface area contributed by atoms with Crippen molar-refractivity contribution in [1.82, 2.24) is 4.90 Å². The fourth-order valence-corrected chi connectivity index (χ4v) is 2.49. The van der Waals surface area contributed by atoms with E-state index in [0.717, 1.165) is 5.56 Å². The highest BCUT2D eigenvalue weighted by Gasteiger charge is 2.29. The number of aliphatic hydroxyl groups is 1. The summed E-state index contributed by atoms with van der Waals surface area (Å²) in [7, 11) is 0. The summed E-state index contributed by atoms with van der Waals surface area (Å²) in [5.41, 5.74) is 7.23. The predicted octanol–water partition coefficient (Wildman–Crippen LogP) is 1.21. The van der Waals surface area contributed by atoms with Crippen LogP contribution in [0.5, 0.6) is 0 Å². The molecule has 0 aromatic heterocycles. The lowest BCUT2D eigenvalue weighted by Gasteiger charge is -2.34. The number of rotatable bonds is 3. The fraction of sp³-hybridized carbons (Fsp3) is 0.467. The van der Waals surface area contributed by atoms with Crippen LogP contribution in [0, 0.1) is 5.92 Å². The van der Waals surface area contributed by atoms with Crippen LogP contribution in [0.4, 0.5) is 0 Å². The van der Waals surface area contributed by atoms with Gasteiger partial charge in [-0.3, -0.25) is 9.59 Å². The third kappa shape index (κ3) is 2.82. The average Bonchev–Trinajstić information content (AvgIpc) is 2.37. The molecule has 0 aliphatic carbocycles. The van der Waals surface area contributed by atoms with Gasteiger partial charge in [-0.05, 0) is 30.0 Å². The number of hydrogen-bond acceptors (Lipinski definition) is 3. The first-order chi connectivity index (χ1) is 9.40. The lowest BCUT2D eigenvalue weighted by atomic mass is 9.95. The van der Waals surface area contributed by atoms with Crippen molar-refractivity contribution in [1.29, 1.82) is 0 Å². The van der Waals surface area contributed by atoms with Crippen LogP contribution in [0.1, 0.15) is 48.0 Å². The Labute approximate surface area is 118 Å². The van der Waals surface area contributed by atoms with E-state index in [-0.39, 0.29) is 11.8 Å². The Balaban J connectivity index is 2.23. The van der Waals surface area contributed by atoms with E-state index in [1.54, 1.807) is 18.2 Å². The minimum atomic E-state index is -0.938. The number of carbonyl (C=O) groups excluding carboxylic acids is 2. The maximum atomic E-state index is 12.1. The second-order valence-electron chi connectivity index (χ2n) is 5.59. The number of primary amides is 1. The van der Waals surface area contributed by atoms with Gasteiger partial charge in [-0.25, -0.2) is 0 Å². The second kappa shape index (κ2) is 5.63. The van der Waals surface area contributed by atoms with Crippen molar-refractivity contribution in [3.63, 3.8) is 0 Å². The quantitative estimate of drug-likeness (QED) is 0.870. The normalized spacial score (nSPS) is 18.0. The molecule has 2 rings (SSSR count). The Morgan fingerprint density at radius 3 is 2.75 bits per heavy atom. The first-order valence-corrected chi connectivity index (χ1v) is 6.80. The summed E-state index contributed by atoms with van der Waals surface area (Å²) in [6.07, 6.45) is 0.107. The van der Waals surface area contributed by atoms with Gasteiger partial charge in [0.2, 0.25) is 11.8 Å². The summed E-state index contributed by atoms with van der Waals surface area (Å²) < 4.78 is 0. The summed E-state index contributed by atoms with van der Waals surface area (Å²) in [5.74, 6) is -0.272. The SMILES string of the molecule is CC(C)CC(=O)N1CCc2cc(C(N)=O)ccc2C1O. The highest BCUT2D eigenvalue weighted by Crippen LogP contribution is 2.29. The smallest absolute Gasteiger partial charge is 0.248 e. The highest BCUT2D eigenvalue weighted by atomic mass is 16.3. The van der Waals surface area contributed by atoms with Gasteiger partial charge < -0.3 is 15.7 Å². The van der Waals surface area contributed by atoms with Crippen LogP contribution in [0.25, 0.3) is 0 Å². The Morgan fingerprint density at radius 2 is 2.15 bits per heavy atom. The summed E-state index contributed by atoms with van der Waals surface area (Å²) in [5, 5.41) is 10.3. The Morgan fingerprint density at radius 1 is 1.45 bits per heavy atom. The van der Waals surface area contributed by atoms with Gasteiger partial charge >= 0.3 is 0 Å². The molecular weight excluding hydrogens is 256 g/mol. The van der Waals surface area contributed by atoms with Gasteiger partial charge in [-0.2, -0.15) is 0 Å². The Kier molecular flexibility index (Phi) is 4.09. The van der Waals surface area contributed by atoms with Crippen molar-refractivity contribution >= 4 is 11.8 Å². The first-order valence-electron chi connectivity index (χ1n) is 6.80. The van der Waals surface area contributed by atoms with E-state index in [1.807, 2.05) is 13.8 Å². The molecule has 108 valence electrons. The standard InChI is InChI=1S/C15H20N2O3/c1-9(2)7-13(18)17-6-5-10-8-11(14(16)19)3-4-12(10)15(17)20/h3-4,8-9,15,20H,5-7H2,1-2H3,(H2,16,19). The molecule has 0 radical (unpaired) electrons. The number of carbonyl (C=O) groups is 2. The molecule has 5 heteroatoms. The minimum absolute atomic E-state index is 0.0443. The van der Waals surface area contributed by atoms with Gasteiger partial charge in [0.05, 0.1) is 0 Å². The molecule has 0 saturated heterocycles. The molecule has 0 saturated carbocycles. The number of hydrogen-bond donors (Lipinski definition) is 2. The highest BCUT2D eigenvalue weighted by molar-refractivity contribution is 5.93. The first kappa shape index (κ1) is 14.5. The van der Waals surface area contributed by atoms with Gasteiger partial charge in [0.15, 0.2) is 6.23 Å². The van der Waals surface area contributed by atoms with Crippen molar-refractivity contribution < 1.29 is 14.7 Å². The van der Waals surface area contributed by atoms with Crippen molar-refractivity contribution in [2.75, 3.05) is 6.54 Å². The molecule has 0 spiro atoms. The number of amides is 2. The zero-order valence-corrected chi connectivity index (χ0v) is 11.8. The van der Waals surface area contributed by atoms with Crippen LogP contribution < -0.4 is 5.73 Å². The fourth-order valence-electron chi connectivity index (χ4n) is 2.49. The lowest BCUT2D eigenvalue weighted by Crippen LogP contribution is -2.40. The van der Waals surface area contributed by atoms with E-state index in [9.17, 15) is 14.7 Å². The maximum absolute atomic E-state index is 12.1. The molecule has 0 fully saturated rings. The average molecular weight is 276 g/mol. The third-order valence-corrected chi connectivity index (χ3v) is 3.53. The largest absolute Gasteiger partial charge is 0.369 e. The van der Waals surface area contributed by atoms with Crippen LogP contribution in [0.15, 0.2) is 18.2 Å². The van der Waals surface area contributed by atoms with E-state index >= 15 is 0 Å². The zero-order chi connectivity index (χ0) is 14.9. The molecular formula is C15H20N2O3. The topological polar surface area (TPSA) is 83.6 Å². The molecule has 20 heavy (non-hydrogen) atoms. The predicted molar refractivity (Wildman–Crippen MR) is 74.8 cm³/mol. The van der Waals surface area contributed by atoms with Crippen molar-refractivity contribution in [3.05, 3.63) is 34.9 Å². The molecule has 1 aromatic rings. The van der Waals surface area contributed by atoms with E-state index in [2.05, 4.69) is 0 Å². The van der Waals surface area contributed by atoms with Crippen LogP contribution >= 0.6 is 0 Å². The number of aliphatic hydroxyl groups excluding tert-OH is 1. The van der Waals surface area contributed by atoms with Crippen LogP contribution in [-0.4, -0.2) is 28.4 Å². The van der Waals surface area contributed by atoms with Gasteiger partial charge in [0.25, 0.3) is 0 Å². The molecule has 2 amide bonds. The number of nitrogens with two attached hydrogens (primary N) is 1. The minimum Gasteiger partial charge on any atom is -0.369 e. The van der Waals surface area contributed by atoms with Crippen molar-refractivity contribution in [3.8, 4) is 0 Å². The molecule has 5 nitrogen and oxygen atoms in total. The third-order valence-electron chi connectivity index (χ3n) is 3.53. The Hall–Kier alpha value is -1.88. The molecule has 1 atom stereocenters. The van der Waals surface area contributed by atoms with Gasteiger partial charge in [-0.1, -0.05) is 19.9 Å². The molecule has 3 N–H and O–H groups in total. The van der Waals surface area contributed by atoms with Gasteiger partial charge in [-0.15, -0.1) is 0 Å². The second-order valence-corrected chi connectivity index (χ2v) is 5.59. The number of benzene rings is 1. The Bertz CT molecular complexity index is 540. The summed E-state index contributed by atoms with van der Waals surface area (Å²) in [4.78, 5) is 24.7. The summed E-state index contributed by atoms with van der Waals surface area (Å²) >= 11 is 0. The van der Waals surface area contributed by atoms with E-state index < -0.39 is 12.1 Å². The molecule has 1 aliphatic rings. The molecule has 0 bridgehead atoms. The number of nitrogens with zero attached hydrogens (tertiary/aromatic N) is 1. The van der Waals surface area contributed by atoms with Crippen LogP contribution in [-0.2, 0) is 11.2 Å². The van der Waals surface area contributed by atoms with E-state index in [1.165, 1.54) is 4.90 Å². The monoisotopic (exact) mass is 276 g/mol. The molecule has 1 aromatic carbocycles. The van der Waals surface area contributed by atoms with Crippen LogP contribution in [0.3, 0.4) is 0 Å². The summed E-state index contributed by atoms with van der Waals surface area (Å²) in [6.45, 7) is 4.41. The maximum Gasteiger partial charge on any atom is 0.248 e. The van der Waals surface area contributed by atoms with E-state index in [0.29, 0.717) is 30.5 Å². The van der Waals surface area contributed by atoms with Crippen molar-refractivity contribution in [2.45, 2.75) is 32.9 Å². The van der Waals surface area contributed by atoms with Crippen molar-refractivity contribution in [2.24, 2.45) is 11.7 Å². The van der Waals surface area contributed by atoms with Crippen LogP contribution in [0.2, 0.25) is 0 Å². The number of fused-ring (bicyclic) bond motifs is 1. The molecule has 1 unspecified atom stereocenters. The summed E-state index contributed by atoms with van der Waals surface area (Å²) in [6, 6.07) is 4.96. The van der Waals surface area contributed by atoms with Gasteiger partial charge in [0.1, 0.15) is 0 Å². The molecule has 1 aliphatic heterocycles. The molecule has 1 heterocycles. The van der Waals surface area contributed by atoms with Gasteiger partial charge in [0, 0.05) is 24.1 Å².